The number of amides is 2. The lowest BCUT2D eigenvalue weighted by molar-refractivity contribution is 0.142. The molecule has 2 aromatic carbocycles. The Kier molecular flexibility index (Phi) is 6.69. The summed E-state index contributed by atoms with van der Waals surface area (Å²) in [7, 11) is 3.28. The number of anilines is 1. The maximum Gasteiger partial charge on any atom is 0.321 e. The van der Waals surface area contributed by atoms with Crippen molar-refractivity contribution in [1.82, 2.24) is 14.8 Å². The van der Waals surface area contributed by atoms with Crippen LogP contribution in [0.2, 0.25) is 0 Å². The molecule has 0 radical (unpaired) electrons. The van der Waals surface area contributed by atoms with Crippen molar-refractivity contribution >= 4 is 23.1 Å². The first-order valence-corrected chi connectivity index (χ1v) is 11.0. The molecule has 1 N–H and O–H groups in total. The van der Waals surface area contributed by atoms with Gasteiger partial charge in [-0.2, -0.15) is 0 Å². The van der Waals surface area contributed by atoms with Crippen molar-refractivity contribution < 1.29 is 14.3 Å². The number of rotatable bonds is 6. The van der Waals surface area contributed by atoms with Crippen LogP contribution in [0.3, 0.4) is 0 Å². The zero-order valence-electron chi connectivity index (χ0n) is 17.7. The van der Waals surface area contributed by atoms with Crippen LogP contribution in [0.1, 0.15) is 5.69 Å². The number of methoxy groups -OCH3 is 2. The van der Waals surface area contributed by atoms with Crippen molar-refractivity contribution in [1.29, 1.82) is 0 Å². The van der Waals surface area contributed by atoms with Crippen LogP contribution >= 0.6 is 11.3 Å². The van der Waals surface area contributed by atoms with Gasteiger partial charge in [-0.05, 0) is 36.4 Å². The van der Waals surface area contributed by atoms with Crippen LogP contribution in [-0.4, -0.2) is 61.2 Å². The van der Waals surface area contributed by atoms with E-state index in [-0.39, 0.29) is 6.03 Å². The van der Waals surface area contributed by atoms with Crippen molar-refractivity contribution in [2.75, 3.05) is 45.7 Å². The van der Waals surface area contributed by atoms with Gasteiger partial charge in [-0.15, -0.1) is 11.3 Å². The Morgan fingerprint density at radius 1 is 1.03 bits per heavy atom. The Morgan fingerprint density at radius 2 is 1.77 bits per heavy atom. The van der Waals surface area contributed by atoms with Crippen molar-refractivity contribution in [3.8, 4) is 22.1 Å². The summed E-state index contributed by atoms with van der Waals surface area (Å²) in [4.78, 5) is 21.5. The number of piperazine rings is 1. The largest absolute Gasteiger partial charge is 0.497 e. The molecule has 0 bridgehead atoms. The fourth-order valence-electron chi connectivity index (χ4n) is 3.49. The van der Waals surface area contributed by atoms with E-state index in [9.17, 15) is 4.79 Å². The van der Waals surface area contributed by atoms with E-state index in [4.69, 9.17) is 14.5 Å². The van der Waals surface area contributed by atoms with Crippen LogP contribution in [0.4, 0.5) is 10.5 Å². The molecule has 0 atom stereocenters. The minimum Gasteiger partial charge on any atom is -0.497 e. The van der Waals surface area contributed by atoms with E-state index in [0.29, 0.717) is 13.1 Å². The van der Waals surface area contributed by atoms with E-state index < -0.39 is 0 Å². The summed E-state index contributed by atoms with van der Waals surface area (Å²) in [5.74, 6) is 1.56. The van der Waals surface area contributed by atoms with Gasteiger partial charge in [-0.1, -0.05) is 6.07 Å². The van der Waals surface area contributed by atoms with E-state index in [1.54, 1.807) is 25.6 Å². The third-order valence-corrected chi connectivity index (χ3v) is 6.20. The van der Waals surface area contributed by atoms with Gasteiger partial charge in [0, 0.05) is 55.4 Å². The SMILES string of the molecule is COc1ccc(-c2nc(CN3CCN(C(=O)Nc4cccc(OC)c4)CC3)cs2)cc1. The van der Waals surface area contributed by atoms with Gasteiger partial charge in [0.1, 0.15) is 16.5 Å². The van der Waals surface area contributed by atoms with E-state index in [2.05, 4.69) is 15.6 Å². The summed E-state index contributed by atoms with van der Waals surface area (Å²) >= 11 is 1.65. The summed E-state index contributed by atoms with van der Waals surface area (Å²) < 4.78 is 10.4. The van der Waals surface area contributed by atoms with Gasteiger partial charge < -0.3 is 19.7 Å². The monoisotopic (exact) mass is 438 g/mol. The van der Waals surface area contributed by atoms with Gasteiger partial charge in [0.05, 0.1) is 19.9 Å². The van der Waals surface area contributed by atoms with Crippen LogP contribution in [-0.2, 0) is 6.54 Å². The predicted molar refractivity (Wildman–Crippen MR) is 123 cm³/mol. The summed E-state index contributed by atoms with van der Waals surface area (Å²) in [6.07, 6.45) is 0. The number of urea groups is 1. The second kappa shape index (κ2) is 9.80. The molecule has 8 heteroatoms. The van der Waals surface area contributed by atoms with Crippen molar-refractivity contribution in [3.05, 3.63) is 59.6 Å². The number of aromatic nitrogens is 1. The lowest BCUT2D eigenvalue weighted by Crippen LogP contribution is -2.49. The highest BCUT2D eigenvalue weighted by atomic mass is 32.1. The van der Waals surface area contributed by atoms with E-state index >= 15 is 0 Å². The van der Waals surface area contributed by atoms with Gasteiger partial charge in [0.15, 0.2) is 0 Å². The van der Waals surface area contributed by atoms with E-state index in [1.165, 1.54) is 0 Å². The third kappa shape index (κ3) is 5.34. The topological polar surface area (TPSA) is 66.9 Å². The van der Waals surface area contributed by atoms with Gasteiger partial charge >= 0.3 is 6.03 Å². The molecule has 4 rings (SSSR count). The van der Waals surface area contributed by atoms with Crippen LogP contribution in [0.15, 0.2) is 53.9 Å². The number of thiazole rings is 1. The molecule has 0 spiro atoms. The Labute approximate surface area is 186 Å². The highest BCUT2D eigenvalue weighted by molar-refractivity contribution is 7.13. The van der Waals surface area contributed by atoms with Crippen molar-refractivity contribution in [3.63, 3.8) is 0 Å². The fourth-order valence-corrected chi connectivity index (χ4v) is 4.30. The third-order valence-electron chi connectivity index (χ3n) is 5.25. The first-order valence-electron chi connectivity index (χ1n) is 10.2. The number of nitrogens with zero attached hydrogens (tertiary/aromatic N) is 3. The molecule has 1 aromatic heterocycles. The summed E-state index contributed by atoms with van der Waals surface area (Å²) in [5.41, 5.74) is 2.89. The van der Waals surface area contributed by atoms with Crippen molar-refractivity contribution in [2.24, 2.45) is 0 Å². The van der Waals surface area contributed by atoms with Crippen LogP contribution in [0.5, 0.6) is 11.5 Å². The summed E-state index contributed by atoms with van der Waals surface area (Å²) in [6.45, 7) is 3.80. The zero-order chi connectivity index (χ0) is 21.6. The van der Waals surface area contributed by atoms with Crippen LogP contribution in [0.25, 0.3) is 10.6 Å². The average molecular weight is 439 g/mol. The maximum atomic E-state index is 12.6. The number of carbonyl (C=O) groups is 1. The quantitative estimate of drug-likeness (QED) is 0.626. The Bertz CT molecular complexity index is 1010. The second-order valence-corrected chi connectivity index (χ2v) is 8.16. The number of ether oxygens (including phenoxy) is 2. The molecule has 0 saturated carbocycles. The zero-order valence-corrected chi connectivity index (χ0v) is 18.5. The predicted octanol–water partition coefficient (Wildman–Crippen LogP) is 4.18. The van der Waals surface area contributed by atoms with Gasteiger partial charge in [-0.25, -0.2) is 9.78 Å². The van der Waals surface area contributed by atoms with Crippen LogP contribution in [0, 0.1) is 0 Å². The molecule has 3 aromatic rings. The number of carbonyl (C=O) groups excluding carboxylic acids is 1. The van der Waals surface area contributed by atoms with Crippen molar-refractivity contribution in [2.45, 2.75) is 6.54 Å². The van der Waals surface area contributed by atoms with Gasteiger partial charge in [0.2, 0.25) is 0 Å². The molecule has 162 valence electrons. The lowest BCUT2D eigenvalue weighted by Gasteiger charge is -2.34. The molecule has 1 saturated heterocycles. The van der Waals surface area contributed by atoms with E-state index in [0.717, 1.165) is 53.1 Å². The second-order valence-electron chi connectivity index (χ2n) is 7.30. The standard InChI is InChI=1S/C23H26N4O3S/c1-29-20-8-6-17(7-9-20)22-24-19(16-31-22)15-26-10-12-27(13-11-26)23(28)25-18-4-3-5-21(14-18)30-2/h3-9,14,16H,10-13,15H2,1-2H3,(H,25,28). The minimum atomic E-state index is -0.0802. The molecular formula is C23H26N4O3S. The fraction of sp³-hybridized carbons (Fsp3) is 0.304. The highest BCUT2D eigenvalue weighted by Crippen LogP contribution is 2.26. The van der Waals surface area contributed by atoms with Gasteiger partial charge in [-0.3, -0.25) is 4.90 Å². The molecular weight excluding hydrogens is 412 g/mol. The highest BCUT2D eigenvalue weighted by Gasteiger charge is 2.22. The molecule has 7 nitrogen and oxygen atoms in total. The Balaban J connectivity index is 1.28. The first-order chi connectivity index (χ1) is 15.1. The maximum absolute atomic E-state index is 12.6. The Hall–Kier alpha value is -3.10. The molecule has 2 amide bonds. The number of hydrogen-bond acceptors (Lipinski definition) is 6. The molecule has 0 aliphatic carbocycles. The van der Waals surface area contributed by atoms with E-state index in [1.807, 2.05) is 53.4 Å². The number of hydrogen-bond donors (Lipinski definition) is 1. The first kappa shape index (κ1) is 21.1. The molecule has 2 heterocycles. The lowest BCUT2D eigenvalue weighted by atomic mass is 10.2. The minimum absolute atomic E-state index is 0.0802. The normalized spacial score (nSPS) is 14.3. The van der Waals surface area contributed by atoms with Gasteiger partial charge in [0.25, 0.3) is 0 Å². The molecule has 1 aliphatic rings. The summed E-state index contributed by atoms with van der Waals surface area (Å²) in [5, 5.41) is 6.07. The number of nitrogens with one attached hydrogen (secondary N) is 1. The molecule has 1 aliphatic heterocycles. The average Bonchev–Trinajstić information content (AvgIpc) is 3.28. The smallest absolute Gasteiger partial charge is 0.321 e. The molecule has 0 unspecified atom stereocenters. The molecule has 31 heavy (non-hydrogen) atoms. The number of benzene rings is 2. The Morgan fingerprint density at radius 3 is 2.48 bits per heavy atom. The summed E-state index contributed by atoms with van der Waals surface area (Å²) in [6, 6.07) is 15.3. The van der Waals surface area contributed by atoms with Crippen LogP contribution < -0.4 is 14.8 Å². The molecule has 1 fully saturated rings.